The Morgan fingerprint density at radius 2 is 1.97 bits per heavy atom. The van der Waals surface area contributed by atoms with Gasteiger partial charge in [0.1, 0.15) is 5.82 Å². The molecule has 3 aromatic rings. The summed E-state index contributed by atoms with van der Waals surface area (Å²) in [6.45, 7) is 2.64. The number of benzene rings is 2. The fourth-order valence-electron chi connectivity index (χ4n) is 3.19. The second-order valence-corrected chi connectivity index (χ2v) is 7.86. The minimum absolute atomic E-state index is 0.0311. The quantitative estimate of drug-likeness (QED) is 0.366. The van der Waals surface area contributed by atoms with Crippen molar-refractivity contribution in [2.24, 2.45) is 0 Å². The summed E-state index contributed by atoms with van der Waals surface area (Å²) in [7, 11) is 0. The summed E-state index contributed by atoms with van der Waals surface area (Å²) in [6, 6.07) is 15.1. The van der Waals surface area contributed by atoms with E-state index in [0.29, 0.717) is 22.6 Å². The van der Waals surface area contributed by atoms with Crippen LogP contribution in [0.2, 0.25) is 0 Å². The maximum absolute atomic E-state index is 14.3. The smallest absolute Gasteiger partial charge is 0.262 e. The molecule has 0 radical (unpaired) electrons. The van der Waals surface area contributed by atoms with E-state index in [0.717, 1.165) is 24.6 Å². The summed E-state index contributed by atoms with van der Waals surface area (Å²) < 4.78 is 15.9. The van der Waals surface area contributed by atoms with Crippen molar-refractivity contribution >= 4 is 34.3 Å². The summed E-state index contributed by atoms with van der Waals surface area (Å²) in [5.74, 6) is -0.909. The van der Waals surface area contributed by atoms with Crippen molar-refractivity contribution in [2.75, 3.05) is 17.2 Å². The first-order valence-corrected chi connectivity index (χ1v) is 11.1. The Bertz CT molecular complexity index is 1170. The van der Waals surface area contributed by atoms with Crippen molar-refractivity contribution in [3.05, 3.63) is 64.7 Å². The van der Waals surface area contributed by atoms with Crippen LogP contribution in [0, 0.1) is 17.1 Å². The monoisotopic (exact) mass is 438 g/mol. The molecule has 6 nitrogen and oxygen atoms in total. The average molecular weight is 439 g/mol. The third kappa shape index (κ3) is 5.30. The van der Waals surface area contributed by atoms with Gasteiger partial charge in [0.05, 0.1) is 34.8 Å². The minimum Gasteiger partial charge on any atom is -0.308 e. The number of unbranched alkanes of at least 4 members (excludes halogenated alkanes) is 1. The van der Waals surface area contributed by atoms with Gasteiger partial charge >= 0.3 is 0 Å². The van der Waals surface area contributed by atoms with Crippen LogP contribution >= 0.6 is 11.8 Å². The number of anilines is 1. The number of halogens is 1. The Morgan fingerprint density at radius 1 is 1.23 bits per heavy atom. The van der Waals surface area contributed by atoms with E-state index in [2.05, 4.69) is 4.98 Å². The first kappa shape index (κ1) is 22.5. The number of carbonyl (C=O) groups is 1. The predicted molar refractivity (Wildman–Crippen MR) is 121 cm³/mol. The maximum Gasteiger partial charge on any atom is 0.262 e. The van der Waals surface area contributed by atoms with Crippen molar-refractivity contribution in [3.63, 3.8) is 0 Å². The van der Waals surface area contributed by atoms with Crippen LogP contribution in [0.5, 0.6) is 0 Å². The second-order valence-electron chi connectivity index (χ2n) is 6.92. The van der Waals surface area contributed by atoms with Gasteiger partial charge in [-0.3, -0.25) is 14.2 Å². The topological polar surface area (TPSA) is 79.0 Å². The van der Waals surface area contributed by atoms with E-state index < -0.39 is 5.82 Å². The molecule has 0 aliphatic rings. The van der Waals surface area contributed by atoms with Gasteiger partial charge in [0.15, 0.2) is 5.16 Å². The minimum atomic E-state index is -0.525. The predicted octanol–water partition coefficient (Wildman–Crippen LogP) is 4.37. The van der Waals surface area contributed by atoms with Gasteiger partial charge in [-0.25, -0.2) is 9.37 Å². The van der Waals surface area contributed by atoms with Crippen LogP contribution < -0.4 is 10.5 Å². The lowest BCUT2D eigenvalue weighted by atomic mass is 10.2. The molecular weight excluding hydrogens is 415 g/mol. The summed E-state index contributed by atoms with van der Waals surface area (Å²) in [6.07, 6.45) is 1.81. The Morgan fingerprint density at radius 3 is 2.71 bits per heavy atom. The van der Waals surface area contributed by atoms with E-state index in [1.54, 1.807) is 34.9 Å². The van der Waals surface area contributed by atoms with Crippen LogP contribution in [0.1, 0.15) is 26.2 Å². The number of carbonyl (C=O) groups excluding carboxylic acids is 1. The van der Waals surface area contributed by atoms with Crippen LogP contribution in [0.3, 0.4) is 0 Å². The highest BCUT2D eigenvalue weighted by Crippen LogP contribution is 2.23. The zero-order valence-electron chi connectivity index (χ0n) is 17.3. The van der Waals surface area contributed by atoms with Crippen LogP contribution in [0.15, 0.2) is 58.5 Å². The highest BCUT2D eigenvalue weighted by Gasteiger charge is 2.20. The molecular formula is C23H23FN4O2S. The lowest BCUT2D eigenvalue weighted by Gasteiger charge is -2.22. The molecule has 0 spiro atoms. The summed E-state index contributed by atoms with van der Waals surface area (Å²) in [5.41, 5.74) is 0.577. The molecule has 2 aromatic carbocycles. The van der Waals surface area contributed by atoms with Gasteiger partial charge in [-0.15, -0.1) is 0 Å². The normalized spacial score (nSPS) is 10.7. The number of amides is 1. The molecule has 0 aliphatic heterocycles. The molecule has 0 unspecified atom stereocenters. The molecule has 0 atom stereocenters. The first-order valence-electron chi connectivity index (χ1n) is 10.1. The molecule has 31 heavy (non-hydrogen) atoms. The lowest BCUT2D eigenvalue weighted by Crippen LogP contribution is -2.34. The first-order chi connectivity index (χ1) is 15.1. The van der Waals surface area contributed by atoms with Gasteiger partial charge in [-0.05, 0) is 30.7 Å². The largest absolute Gasteiger partial charge is 0.308 e. The van der Waals surface area contributed by atoms with E-state index in [9.17, 15) is 14.0 Å². The van der Waals surface area contributed by atoms with Gasteiger partial charge in [0, 0.05) is 13.1 Å². The molecule has 0 saturated heterocycles. The van der Waals surface area contributed by atoms with Crippen LogP contribution in [0.25, 0.3) is 10.9 Å². The molecule has 1 aromatic heterocycles. The van der Waals surface area contributed by atoms with Crippen LogP contribution in [-0.2, 0) is 11.3 Å². The molecule has 0 saturated carbocycles. The molecule has 8 heteroatoms. The fourth-order valence-corrected chi connectivity index (χ4v) is 4.09. The molecule has 160 valence electrons. The fraction of sp³-hybridized carbons (Fsp3) is 0.304. The van der Waals surface area contributed by atoms with E-state index in [-0.39, 0.29) is 35.9 Å². The summed E-state index contributed by atoms with van der Waals surface area (Å²) >= 11 is 1.15. The average Bonchev–Trinajstić information content (AvgIpc) is 2.78. The number of para-hydroxylation sites is 2. The van der Waals surface area contributed by atoms with E-state index in [4.69, 9.17) is 5.26 Å². The van der Waals surface area contributed by atoms with E-state index in [1.165, 1.54) is 17.0 Å². The van der Waals surface area contributed by atoms with Gasteiger partial charge < -0.3 is 4.90 Å². The molecule has 0 aliphatic carbocycles. The SMILES string of the molecule is CCCCn1c(SCC(=O)N(CCC#N)c2ccccc2F)nc2ccccc2c1=O. The highest BCUT2D eigenvalue weighted by atomic mass is 32.2. The van der Waals surface area contributed by atoms with Gasteiger partial charge in [-0.1, -0.05) is 49.4 Å². The van der Waals surface area contributed by atoms with Gasteiger partial charge in [0.2, 0.25) is 5.91 Å². The van der Waals surface area contributed by atoms with Crippen molar-refractivity contribution in [3.8, 4) is 6.07 Å². The number of nitrogens with zero attached hydrogens (tertiary/aromatic N) is 4. The van der Waals surface area contributed by atoms with Gasteiger partial charge in [0.25, 0.3) is 5.56 Å². The molecule has 3 rings (SSSR count). The van der Waals surface area contributed by atoms with E-state index >= 15 is 0 Å². The number of fused-ring (bicyclic) bond motifs is 1. The van der Waals surface area contributed by atoms with Gasteiger partial charge in [-0.2, -0.15) is 5.26 Å². The van der Waals surface area contributed by atoms with Crippen molar-refractivity contribution in [2.45, 2.75) is 37.9 Å². The lowest BCUT2D eigenvalue weighted by molar-refractivity contribution is -0.116. The summed E-state index contributed by atoms with van der Waals surface area (Å²) in [5, 5.41) is 9.93. The Labute approximate surface area is 184 Å². The third-order valence-electron chi connectivity index (χ3n) is 4.78. The van der Waals surface area contributed by atoms with Crippen molar-refractivity contribution < 1.29 is 9.18 Å². The third-order valence-corrected chi connectivity index (χ3v) is 5.74. The molecule has 0 fully saturated rings. The Balaban J connectivity index is 1.89. The summed E-state index contributed by atoms with van der Waals surface area (Å²) in [4.78, 5) is 31.8. The molecule has 1 amide bonds. The van der Waals surface area contributed by atoms with Crippen LogP contribution in [0.4, 0.5) is 10.1 Å². The highest BCUT2D eigenvalue weighted by molar-refractivity contribution is 7.99. The number of aromatic nitrogens is 2. The van der Waals surface area contributed by atoms with Crippen molar-refractivity contribution in [1.82, 2.24) is 9.55 Å². The Kier molecular flexibility index (Phi) is 7.79. The zero-order chi connectivity index (χ0) is 22.2. The van der Waals surface area contributed by atoms with Crippen molar-refractivity contribution in [1.29, 1.82) is 5.26 Å². The molecule has 1 heterocycles. The molecule has 0 bridgehead atoms. The van der Waals surface area contributed by atoms with Crippen LogP contribution in [-0.4, -0.2) is 27.8 Å². The number of hydrogen-bond donors (Lipinski definition) is 0. The molecule has 0 N–H and O–H groups in total. The number of thioether (sulfide) groups is 1. The standard InChI is InChI=1S/C23H23FN4O2S/c1-2-3-14-28-22(30)17-9-4-6-11-19(17)26-23(28)31-16-21(29)27(15-8-13-25)20-12-7-5-10-18(20)24/h4-7,9-12H,2-3,8,14-16H2,1H3. The number of hydrogen-bond acceptors (Lipinski definition) is 5. The van der Waals surface area contributed by atoms with E-state index in [1.807, 2.05) is 19.1 Å². The number of nitriles is 1. The Hall–Kier alpha value is -3.18. The maximum atomic E-state index is 14.3. The number of rotatable bonds is 9. The zero-order valence-corrected chi connectivity index (χ0v) is 18.1. The second kappa shape index (κ2) is 10.7.